The van der Waals surface area contributed by atoms with Crippen molar-refractivity contribution in [2.45, 2.75) is 52.9 Å². The molecule has 2 rings (SSSR count). The van der Waals surface area contributed by atoms with E-state index in [9.17, 15) is 4.79 Å². The Kier molecular flexibility index (Phi) is 4.35. The van der Waals surface area contributed by atoms with Crippen molar-refractivity contribution in [1.29, 1.82) is 0 Å². The molecule has 2 heteroatoms. The highest BCUT2D eigenvalue weighted by molar-refractivity contribution is 6.31. The molecule has 0 bridgehead atoms. The molecular formula is C17H23ClO. The summed E-state index contributed by atoms with van der Waals surface area (Å²) in [4.78, 5) is 12.4. The predicted octanol–water partition coefficient (Wildman–Crippen LogP) is 4.98. The standard InChI is InChI=1S/C17H23ClO/c1-12-4-5-14(15(18)10-12)11-16(19)13-6-8-17(2,3)9-7-13/h4-5,10,13H,6-9,11H2,1-3H3. The molecule has 0 saturated heterocycles. The molecule has 0 amide bonds. The molecule has 1 saturated carbocycles. The van der Waals surface area contributed by atoms with Crippen LogP contribution in [0.1, 0.15) is 50.7 Å². The molecule has 0 aliphatic heterocycles. The van der Waals surface area contributed by atoms with E-state index >= 15 is 0 Å². The van der Waals surface area contributed by atoms with Gasteiger partial charge in [-0.05, 0) is 55.2 Å². The second kappa shape index (κ2) is 5.66. The van der Waals surface area contributed by atoms with E-state index in [0.29, 0.717) is 17.6 Å². The summed E-state index contributed by atoms with van der Waals surface area (Å²) in [5.41, 5.74) is 2.53. The maximum absolute atomic E-state index is 12.4. The van der Waals surface area contributed by atoms with Gasteiger partial charge in [-0.15, -0.1) is 0 Å². The summed E-state index contributed by atoms with van der Waals surface area (Å²) in [7, 11) is 0. The van der Waals surface area contributed by atoms with Crippen LogP contribution in [-0.2, 0) is 11.2 Å². The number of carbonyl (C=O) groups is 1. The first kappa shape index (κ1) is 14.6. The lowest BCUT2D eigenvalue weighted by molar-refractivity contribution is -0.123. The topological polar surface area (TPSA) is 17.1 Å². The molecular weight excluding hydrogens is 256 g/mol. The molecule has 1 aromatic carbocycles. The lowest BCUT2D eigenvalue weighted by Gasteiger charge is -2.33. The van der Waals surface area contributed by atoms with Gasteiger partial charge in [0.05, 0.1) is 0 Å². The second-order valence-corrected chi connectivity index (χ2v) is 7.08. The van der Waals surface area contributed by atoms with Crippen LogP contribution in [0.3, 0.4) is 0 Å². The Hall–Kier alpha value is -0.820. The Balaban J connectivity index is 1.98. The fourth-order valence-corrected chi connectivity index (χ4v) is 3.15. The molecule has 1 aliphatic carbocycles. The van der Waals surface area contributed by atoms with Crippen LogP contribution in [0.25, 0.3) is 0 Å². The Morgan fingerprint density at radius 2 is 1.95 bits per heavy atom. The average Bonchev–Trinajstić information content (AvgIpc) is 2.32. The van der Waals surface area contributed by atoms with E-state index in [1.54, 1.807) is 0 Å². The molecule has 0 heterocycles. The van der Waals surface area contributed by atoms with Crippen molar-refractivity contribution >= 4 is 17.4 Å². The van der Waals surface area contributed by atoms with Crippen LogP contribution in [0.5, 0.6) is 0 Å². The smallest absolute Gasteiger partial charge is 0.140 e. The zero-order valence-corrected chi connectivity index (χ0v) is 12.9. The number of carbonyl (C=O) groups excluding carboxylic acids is 1. The Morgan fingerprint density at radius 3 is 2.53 bits per heavy atom. The van der Waals surface area contributed by atoms with Gasteiger partial charge in [-0.3, -0.25) is 4.79 Å². The molecule has 19 heavy (non-hydrogen) atoms. The van der Waals surface area contributed by atoms with Gasteiger partial charge in [0.25, 0.3) is 0 Å². The number of rotatable bonds is 3. The SMILES string of the molecule is Cc1ccc(CC(=O)C2CCC(C)(C)CC2)c(Cl)c1. The van der Waals surface area contributed by atoms with Crippen molar-refractivity contribution in [3.05, 3.63) is 34.3 Å². The van der Waals surface area contributed by atoms with Crippen LogP contribution < -0.4 is 0 Å². The molecule has 0 unspecified atom stereocenters. The van der Waals surface area contributed by atoms with E-state index < -0.39 is 0 Å². The summed E-state index contributed by atoms with van der Waals surface area (Å²) >= 11 is 6.21. The lowest BCUT2D eigenvalue weighted by atomic mass is 9.71. The van der Waals surface area contributed by atoms with E-state index in [-0.39, 0.29) is 5.92 Å². The van der Waals surface area contributed by atoms with Gasteiger partial charge in [0.15, 0.2) is 0 Å². The summed E-state index contributed by atoms with van der Waals surface area (Å²) in [6.07, 6.45) is 4.88. The molecule has 0 aromatic heterocycles. The average molecular weight is 279 g/mol. The largest absolute Gasteiger partial charge is 0.299 e. The maximum Gasteiger partial charge on any atom is 0.140 e. The van der Waals surface area contributed by atoms with Gasteiger partial charge in [0.2, 0.25) is 0 Å². The number of ketones is 1. The summed E-state index contributed by atoms with van der Waals surface area (Å²) in [5, 5.41) is 0.726. The molecule has 1 nitrogen and oxygen atoms in total. The number of halogens is 1. The highest BCUT2D eigenvalue weighted by atomic mass is 35.5. The van der Waals surface area contributed by atoms with Crippen LogP contribution in [0, 0.1) is 18.3 Å². The van der Waals surface area contributed by atoms with Crippen molar-refractivity contribution in [3.8, 4) is 0 Å². The van der Waals surface area contributed by atoms with Crippen molar-refractivity contribution in [3.63, 3.8) is 0 Å². The van der Waals surface area contributed by atoms with Crippen LogP contribution in [0.15, 0.2) is 18.2 Å². The molecule has 104 valence electrons. The third-order valence-corrected chi connectivity index (χ3v) is 4.72. The van der Waals surface area contributed by atoms with Gasteiger partial charge in [-0.2, -0.15) is 0 Å². The van der Waals surface area contributed by atoms with Gasteiger partial charge < -0.3 is 0 Å². The zero-order valence-electron chi connectivity index (χ0n) is 12.1. The number of benzene rings is 1. The van der Waals surface area contributed by atoms with E-state index in [4.69, 9.17) is 11.6 Å². The normalized spacial score (nSPS) is 19.4. The first-order valence-electron chi connectivity index (χ1n) is 7.15. The minimum absolute atomic E-state index is 0.241. The number of Topliss-reactive ketones (excluding diaryl/α,β-unsaturated/α-hetero) is 1. The van der Waals surface area contributed by atoms with Crippen LogP contribution >= 0.6 is 11.6 Å². The fraction of sp³-hybridized carbons (Fsp3) is 0.588. The molecule has 0 radical (unpaired) electrons. The van der Waals surface area contributed by atoms with Gasteiger partial charge in [-0.25, -0.2) is 0 Å². The third kappa shape index (κ3) is 3.82. The molecule has 1 aliphatic rings. The molecule has 1 aromatic rings. The van der Waals surface area contributed by atoms with Gasteiger partial charge >= 0.3 is 0 Å². The number of hydrogen-bond donors (Lipinski definition) is 0. The summed E-state index contributed by atoms with van der Waals surface area (Å²) in [6, 6.07) is 5.95. The molecule has 0 spiro atoms. The lowest BCUT2D eigenvalue weighted by Crippen LogP contribution is -2.27. The van der Waals surface area contributed by atoms with E-state index in [0.717, 1.165) is 41.8 Å². The van der Waals surface area contributed by atoms with E-state index in [2.05, 4.69) is 13.8 Å². The highest BCUT2D eigenvalue weighted by Gasteiger charge is 2.30. The Morgan fingerprint density at radius 1 is 1.32 bits per heavy atom. The number of hydrogen-bond acceptors (Lipinski definition) is 1. The number of aryl methyl sites for hydroxylation is 1. The summed E-state index contributed by atoms with van der Waals surface area (Å²) in [6.45, 7) is 6.61. The monoisotopic (exact) mass is 278 g/mol. The van der Waals surface area contributed by atoms with Crippen molar-refractivity contribution in [1.82, 2.24) is 0 Å². The first-order valence-corrected chi connectivity index (χ1v) is 7.53. The van der Waals surface area contributed by atoms with Gasteiger partial charge in [-0.1, -0.05) is 37.6 Å². The van der Waals surface area contributed by atoms with Crippen LogP contribution in [0.4, 0.5) is 0 Å². The van der Waals surface area contributed by atoms with E-state index in [1.807, 2.05) is 25.1 Å². The molecule has 0 N–H and O–H groups in total. The van der Waals surface area contributed by atoms with Crippen molar-refractivity contribution in [2.24, 2.45) is 11.3 Å². The summed E-state index contributed by atoms with van der Waals surface area (Å²) in [5.74, 6) is 0.603. The van der Waals surface area contributed by atoms with Crippen molar-refractivity contribution < 1.29 is 4.79 Å². The first-order chi connectivity index (χ1) is 8.87. The molecule has 0 atom stereocenters. The predicted molar refractivity (Wildman–Crippen MR) is 80.6 cm³/mol. The second-order valence-electron chi connectivity index (χ2n) is 6.68. The van der Waals surface area contributed by atoms with Crippen LogP contribution in [-0.4, -0.2) is 5.78 Å². The minimum atomic E-state index is 0.241. The Labute approximate surface area is 121 Å². The van der Waals surface area contributed by atoms with Gasteiger partial charge in [0, 0.05) is 17.4 Å². The quantitative estimate of drug-likeness (QED) is 0.762. The van der Waals surface area contributed by atoms with E-state index in [1.165, 1.54) is 0 Å². The maximum atomic E-state index is 12.4. The summed E-state index contributed by atoms with van der Waals surface area (Å²) < 4.78 is 0. The zero-order chi connectivity index (χ0) is 14.0. The fourth-order valence-electron chi connectivity index (χ4n) is 2.85. The highest BCUT2D eigenvalue weighted by Crippen LogP contribution is 2.38. The van der Waals surface area contributed by atoms with Crippen molar-refractivity contribution in [2.75, 3.05) is 0 Å². The Bertz CT molecular complexity index is 466. The molecule has 1 fully saturated rings. The third-order valence-electron chi connectivity index (χ3n) is 4.37. The van der Waals surface area contributed by atoms with Crippen LogP contribution in [0.2, 0.25) is 5.02 Å². The minimum Gasteiger partial charge on any atom is -0.299 e. The van der Waals surface area contributed by atoms with Gasteiger partial charge in [0.1, 0.15) is 5.78 Å².